The van der Waals surface area contributed by atoms with Crippen molar-refractivity contribution in [2.45, 2.75) is 22.9 Å². The molecule has 1 aliphatic rings. The van der Waals surface area contributed by atoms with Crippen LogP contribution in [0.15, 0.2) is 52.9 Å². The first-order chi connectivity index (χ1) is 12.7. The van der Waals surface area contributed by atoms with Crippen LogP contribution in [0.3, 0.4) is 0 Å². The topological polar surface area (TPSA) is 71.1 Å². The predicted molar refractivity (Wildman–Crippen MR) is 104 cm³/mol. The summed E-state index contributed by atoms with van der Waals surface area (Å²) in [5.41, 5.74) is 7.60. The number of amides is 2. The molecule has 132 valence electrons. The summed E-state index contributed by atoms with van der Waals surface area (Å²) >= 11 is 3.38. The zero-order valence-corrected chi connectivity index (χ0v) is 15.5. The zero-order chi connectivity index (χ0) is 17.9. The van der Waals surface area contributed by atoms with E-state index < -0.39 is 0 Å². The van der Waals surface area contributed by atoms with E-state index in [1.807, 2.05) is 30.3 Å². The Morgan fingerprint density at radius 1 is 1.08 bits per heavy atom. The van der Waals surface area contributed by atoms with Crippen LogP contribution in [-0.2, 0) is 10.5 Å². The number of carbonyl (C=O) groups is 2. The lowest BCUT2D eigenvalue weighted by Gasteiger charge is -2.07. The normalized spacial score (nSPS) is 13.5. The van der Waals surface area contributed by atoms with Crippen molar-refractivity contribution in [3.8, 4) is 0 Å². The Kier molecular flexibility index (Phi) is 4.90. The molecule has 0 saturated heterocycles. The van der Waals surface area contributed by atoms with Crippen molar-refractivity contribution in [1.82, 2.24) is 15.8 Å². The van der Waals surface area contributed by atoms with E-state index >= 15 is 0 Å². The number of hydrogen-bond donors (Lipinski definition) is 2. The largest absolute Gasteiger partial charge is 0.273 e. The molecule has 0 aliphatic heterocycles. The summed E-state index contributed by atoms with van der Waals surface area (Å²) in [6.45, 7) is 0. The van der Waals surface area contributed by atoms with Crippen LogP contribution in [0.2, 0.25) is 0 Å². The van der Waals surface area contributed by atoms with E-state index in [0.717, 1.165) is 34.0 Å². The maximum atomic E-state index is 12.0. The van der Waals surface area contributed by atoms with E-state index in [-0.39, 0.29) is 17.7 Å². The van der Waals surface area contributed by atoms with Gasteiger partial charge in [-0.3, -0.25) is 20.4 Å². The number of thioether (sulfide) groups is 1. The van der Waals surface area contributed by atoms with Gasteiger partial charge in [-0.1, -0.05) is 36.0 Å². The summed E-state index contributed by atoms with van der Waals surface area (Å²) in [6.07, 6.45) is 1.81. The van der Waals surface area contributed by atoms with Gasteiger partial charge in [0.15, 0.2) is 4.34 Å². The monoisotopic (exact) mass is 383 g/mol. The second-order valence-electron chi connectivity index (χ2n) is 6.15. The van der Waals surface area contributed by atoms with E-state index in [0.29, 0.717) is 5.56 Å². The molecular weight excluding hydrogens is 366 g/mol. The lowest BCUT2D eigenvalue weighted by Crippen LogP contribution is -2.42. The van der Waals surface area contributed by atoms with E-state index in [9.17, 15) is 9.59 Å². The van der Waals surface area contributed by atoms with Gasteiger partial charge in [0.25, 0.3) is 5.91 Å². The Hall–Kier alpha value is -2.38. The third-order valence-corrected chi connectivity index (χ3v) is 6.35. The number of aromatic nitrogens is 1. The van der Waals surface area contributed by atoms with Crippen molar-refractivity contribution in [2.75, 3.05) is 0 Å². The zero-order valence-electron chi connectivity index (χ0n) is 13.9. The molecule has 3 aromatic rings. The van der Waals surface area contributed by atoms with Gasteiger partial charge in [-0.2, -0.15) is 0 Å². The SMILES string of the molecule is O=C(NNC(=O)C1CC1)c1ccc(CSc2nc3ccccc3s2)cc1. The Morgan fingerprint density at radius 2 is 1.85 bits per heavy atom. The average molecular weight is 383 g/mol. The molecule has 1 heterocycles. The number of nitrogens with zero attached hydrogens (tertiary/aromatic N) is 1. The molecule has 0 atom stereocenters. The highest BCUT2D eigenvalue weighted by Crippen LogP contribution is 2.31. The molecule has 2 N–H and O–H groups in total. The van der Waals surface area contributed by atoms with Gasteiger partial charge >= 0.3 is 0 Å². The number of benzene rings is 2. The molecule has 1 aromatic heterocycles. The molecule has 26 heavy (non-hydrogen) atoms. The molecule has 0 radical (unpaired) electrons. The summed E-state index contributed by atoms with van der Waals surface area (Å²) in [5.74, 6) is 0.448. The van der Waals surface area contributed by atoms with Crippen LogP contribution in [0.4, 0.5) is 0 Å². The van der Waals surface area contributed by atoms with Crippen LogP contribution in [0.5, 0.6) is 0 Å². The number of para-hydroxylation sites is 1. The third kappa shape index (κ3) is 4.05. The molecule has 2 amide bonds. The molecule has 0 bridgehead atoms. The van der Waals surface area contributed by atoms with Crippen molar-refractivity contribution in [3.05, 3.63) is 59.7 Å². The highest BCUT2D eigenvalue weighted by molar-refractivity contribution is 8.00. The maximum Gasteiger partial charge on any atom is 0.269 e. The fraction of sp³-hybridized carbons (Fsp3) is 0.211. The average Bonchev–Trinajstić information content (AvgIpc) is 3.44. The van der Waals surface area contributed by atoms with Crippen LogP contribution < -0.4 is 10.9 Å². The predicted octanol–water partition coefficient (Wildman–Crippen LogP) is 3.76. The molecule has 1 aliphatic carbocycles. The third-order valence-electron chi connectivity index (χ3n) is 4.10. The van der Waals surface area contributed by atoms with Gasteiger partial charge in [-0.25, -0.2) is 4.98 Å². The van der Waals surface area contributed by atoms with Gasteiger partial charge in [0.1, 0.15) is 0 Å². The molecule has 2 aromatic carbocycles. The summed E-state index contributed by atoms with van der Waals surface area (Å²) in [6, 6.07) is 15.5. The number of rotatable bonds is 5. The van der Waals surface area contributed by atoms with Crippen molar-refractivity contribution in [3.63, 3.8) is 0 Å². The molecule has 1 fully saturated rings. The number of hydrazine groups is 1. The lowest BCUT2D eigenvalue weighted by molar-refractivity contribution is -0.123. The van der Waals surface area contributed by atoms with E-state index in [2.05, 4.69) is 21.9 Å². The van der Waals surface area contributed by atoms with Gasteiger partial charge in [-0.05, 0) is 42.7 Å². The van der Waals surface area contributed by atoms with Crippen molar-refractivity contribution in [2.24, 2.45) is 5.92 Å². The van der Waals surface area contributed by atoms with Crippen molar-refractivity contribution >= 4 is 45.1 Å². The molecule has 0 spiro atoms. The van der Waals surface area contributed by atoms with E-state index in [1.165, 1.54) is 4.70 Å². The highest BCUT2D eigenvalue weighted by atomic mass is 32.2. The Morgan fingerprint density at radius 3 is 2.58 bits per heavy atom. The second-order valence-corrected chi connectivity index (χ2v) is 8.40. The first kappa shape index (κ1) is 17.1. The van der Waals surface area contributed by atoms with Gasteiger partial charge in [0.2, 0.25) is 5.91 Å². The maximum absolute atomic E-state index is 12.0. The van der Waals surface area contributed by atoms with Gasteiger partial charge < -0.3 is 0 Å². The minimum Gasteiger partial charge on any atom is -0.273 e. The molecule has 7 heteroatoms. The molecule has 4 rings (SSSR count). The quantitative estimate of drug-likeness (QED) is 0.520. The van der Waals surface area contributed by atoms with Gasteiger partial charge in [0, 0.05) is 17.2 Å². The lowest BCUT2D eigenvalue weighted by atomic mass is 10.1. The Bertz CT molecular complexity index is 916. The fourth-order valence-electron chi connectivity index (χ4n) is 2.45. The number of fused-ring (bicyclic) bond motifs is 1. The number of thiazole rings is 1. The number of hydrogen-bond acceptors (Lipinski definition) is 5. The van der Waals surface area contributed by atoms with Crippen LogP contribution in [0.1, 0.15) is 28.8 Å². The highest BCUT2D eigenvalue weighted by Gasteiger charge is 2.29. The summed E-state index contributed by atoms with van der Waals surface area (Å²) in [4.78, 5) is 28.2. The first-order valence-electron chi connectivity index (χ1n) is 8.36. The molecule has 5 nitrogen and oxygen atoms in total. The summed E-state index contributed by atoms with van der Waals surface area (Å²) < 4.78 is 2.23. The molecule has 0 unspecified atom stereocenters. The minimum atomic E-state index is -0.302. The van der Waals surface area contributed by atoms with Crippen molar-refractivity contribution < 1.29 is 9.59 Å². The first-order valence-corrected chi connectivity index (χ1v) is 10.2. The minimum absolute atomic E-state index is 0.0669. The Balaban J connectivity index is 1.31. The number of nitrogens with one attached hydrogen (secondary N) is 2. The second kappa shape index (κ2) is 7.47. The Labute approximate surface area is 159 Å². The van der Waals surface area contributed by atoms with Gasteiger partial charge in [-0.15, -0.1) is 11.3 Å². The summed E-state index contributed by atoms with van der Waals surface area (Å²) in [5, 5.41) is 0. The van der Waals surface area contributed by atoms with Crippen LogP contribution in [0.25, 0.3) is 10.2 Å². The fourth-order valence-corrected chi connectivity index (χ4v) is 4.47. The van der Waals surface area contributed by atoms with Crippen LogP contribution in [0, 0.1) is 5.92 Å². The van der Waals surface area contributed by atoms with Crippen LogP contribution >= 0.6 is 23.1 Å². The van der Waals surface area contributed by atoms with Gasteiger partial charge in [0.05, 0.1) is 10.2 Å². The van der Waals surface area contributed by atoms with E-state index in [4.69, 9.17) is 0 Å². The smallest absolute Gasteiger partial charge is 0.269 e. The standard InChI is InChI=1S/C19H17N3O2S2/c23-17(21-22-18(24)14-9-10-14)13-7-5-12(6-8-13)11-25-19-20-15-3-1-2-4-16(15)26-19/h1-8,14H,9-11H2,(H,21,23)(H,22,24). The summed E-state index contributed by atoms with van der Waals surface area (Å²) in [7, 11) is 0. The van der Waals surface area contributed by atoms with E-state index in [1.54, 1.807) is 35.2 Å². The number of carbonyl (C=O) groups excluding carboxylic acids is 2. The van der Waals surface area contributed by atoms with Crippen molar-refractivity contribution in [1.29, 1.82) is 0 Å². The molecular formula is C19H17N3O2S2. The van der Waals surface area contributed by atoms with Crippen LogP contribution in [-0.4, -0.2) is 16.8 Å². The molecule has 1 saturated carbocycles.